The molecule has 1 aromatic carbocycles. The third-order valence-corrected chi connectivity index (χ3v) is 3.05. The summed E-state index contributed by atoms with van der Waals surface area (Å²) in [6, 6.07) is 12.3. The van der Waals surface area contributed by atoms with E-state index in [4.69, 9.17) is 5.73 Å². The summed E-state index contributed by atoms with van der Waals surface area (Å²) in [4.78, 5) is 4.70. The van der Waals surface area contributed by atoms with Gasteiger partial charge in [0.25, 0.3) is 0 Å². The molecule has 0 amide bonds. The van der Waals surface area contributed by atoms with Gasteiger partial charge in [0.05, 0.1) is 4.90 Å². The highest BCUT2D eigenvalue weighted by Crippen LogP contribution is 2.11. The van der Waals surface area contributed by atoms with Crippen LogP contribution in [0.5, 0.6) is 0 Å². The first-order chi connectivity index (χ1) is 8.75. The van der Waals surface area contributed by atoms with Crippen LogP contribution in [-0.2, 0) is 11.0 Å². The van der Waals surface area contributed by atoms with Gasteiger partial charge >= 0.3 is 0 Å². The maximum atomic E-state index is 11.8. The van der Waals surface area contributed by atoms with Crippen molar-refractivity contribution in [2.24, 2.45) is 0 Å². The Morgan fingerprint density at radius 3 is 2.33 bits per heavy atom. The number of nitrogens with zero attached hydrogens (tertiary/aromatic N) is 1. The number of hydrogen-bond donors (Lipinski definition) is 2. The van der Waals surface area contributed by atoms with Crippen molar-refractivity contribution in [2.75, 3.05) is 10.5 Å². The van der Waals surface area contributed by atoms with Crippen molar-refractivity contribution in [3.05, 3.63) is 48.7 Å². The topological polar surface area (TPSA) is 68.0 Å². The standard InChI is InChI=1S/C11H11N3OS.C2H6/c12-9-4-6-10(7-5-9)16(15)14-11-3-1-2-8-13-11;1-2/h1-8H,12H2,(H,13,14);1-2H3. The number of pyridine rings is 1. The van der Waals surface area contributed by atoms with E-state index in [1.807, 2.05) is 19.9 Å². The van der Waals surface area contributed by atoms with Gasteiger partial charge in [-0.1, -0.05) is 19.9 Å². The van der Waals surface area contributed by atoms with Crippen LogP contribution in [0, 0.1) is 0 Å². The maximum absolute atomic E-state index is 11.8. The van der Waals surface area contributed by atoms with E-state index in [-0.39, 0.29) is 0 Å². The molecule has 0 aliphatic rings. The van der Waals surface area contributed by atoms with Gasteiger partial charge in [0.1, 0.15) is 5.82 Å². The largest absolute Gasteiger partial charge is 0.399 e. The van der Waals surface area contributed by atoms with Crippen LogP contribution in [0.1, 0.15) is 13.8 Å². The Morgan fingerprint density at radius 2 is 1.78 bits per heavy atom. The first kappa shape index (κ1) is 14.2. The third-order valence-electron chi connectivity index (χ3n) is 1.96. The van der Waals surface area contributed by atoms with Gasteiger partial charge in [0.15, 0.2) is 11.0 Å². The summed E-state index contributed by atoms with van der Waals surface area (Å²) in [5, 5.41) is 0. The van der Waals surface area contributed by atoms with Crippen molar-refractivity contribution in [1.29, 1.82) is 0 Å². The fourth-order valence-electron chi connectivity index (χ4n) is 1.17. The van der Waals surface area contributed by atoms with Gasteiger partial charge in [-0.15, -0.1) is 0 Å². The minimum absolute atomic E-state index is 0.581. The van der Waals surface area contributed by atoms with Crippen molar-refractivity contribution >= 4 is 22.5 Å². The number of nitrogens with one attached hydrogen (secondary N) is 1. The number of benzene rings is 1. The summed E-state index contributed by atoms with van der Waals surface area (Å²) in [7, 11) is -1.31. The molecule has 1 atom stereocenters. The molecule has 1 unspecified atom stereocenters. The van der Waals surface area contributed by atoms with E-state index in [9.17, 15) is 4.21 Å². The molecule has 1 heterocycles. The summed E-state index contributed by atoms with van der Waals surface area (Å²) >= 11 is 0. The van der Waals surface area contributed by atoms with Crippen molar-refractivity contribution in [3.63, 3.8) is 0 Å². The first-order valence-electron chi connectivity index (χ1n) is 5.71. The molecule has 0 saturated heterocycles. The van der Waals surface area contributed by atoms with Gasteiger partial charge in [-0.2, -0.15) is 0 Å². The first-order valence-corrected chi connectivity index (χ1v) is 6.86. The number of rotatable bonds is 3. The molecular weight excluding hydrogens is 246 g/mol. The Morgan fingerprint density at radius 1 is 1.11 bits per heavy atom. The van der Waals surface area contributed by atoms with Crippen molar-refractivity contribution < 1.29 is 4.21 Å². The van der Waals surface area contributed by atoms with Crippen LogP contribution in [0.3, 0.4) is 0 Å². The molecule has 2 rings (SSSR count). The summed E-state index contributed by atoms with van der Waals surface area (Å²) < 4.78 is 14.6. The second-order valence-corrected chi connectivity index (χ2v) is 4.37. The molecule has 0 saturated carbocycles. The van der Waals surface area contributed by atoms with Gasteiger partial charge in [-0.3, -0.25) is 4.72 Å². The zero-order valence-corrected chi connectivity index (χ0v) is 11.3. The normalized spacial score (nSPS) is 11.0. The summed E-state index contributed by atoms with van der Waals surface area (Å²) in [6.07, 6.45) is 1.64. The fourth-order valence-corrected chi connectivity index (χ4v) is 1.98. The molecule has 0 spiro atoms. The number of nitrogens with two attached hydrogens (primary N) is 1. The van der Waals surface area contributed by atoms with E-state index in [0.29, 0.717) is 16.4 Å². The van der Waals surface area contributed by atoms with E-state index in [1.54, 1.807) is 42.6 Å². The lowest BCUT2D eigenvalue weighted by molar-refractivity contribution is 0.686. The molecular formula is C13H17N3OS. The highest BCUT2D eigenvalue weighted by atomic mass is 32.2. The second kappa shape index (κ2) is 7.45. The van der Waals surface area contributed by atoms with Gasteiger partial charge in [0.2, 0.25) is 0 Å². The second-order valence-electron chi connectivity index (χ2n) is 3.15. The minimum Gasteiger partial charge on any atom is -0.399 e. The molecule has 0 aliphatic heterocycles. The predicted molar refractivity (Wildman–Crippen MR) is 76.5 cm³/mol. The zero-order valence-electron chi connectivity index (χ0n) is 10.5. The molecule has 0 radical (unpaired) electrons. The van der Waals surface area contributed by atoms with Crippen molar-refractivity contribution in [2.45, 2.75) is 18.7 Å². The molecule has 5 heteroatoms. The molecule has 3 N–H and O–H groups in total. The van der Waals surface area contributed by atoms with Crippen LogP contribution in [-0.4, -0.2) is 9.19 Å². The van der Waals surface area contributed by atoms with E-state index < -0.39 is 11.0 Å². The van der Waals surface area contributed by atoms with Crippen LogP contribution < -0.4 is 10.5 Å². The Bertz CT molecular complexity index is 485. The molecule has 2 aromatic rings. The Balaban J connectivity index is 0.000000771. The highest BCUT2D eigenvalue weighted by Gasteiger charge is 2.03. The lowest BCUT2D eigenvalue weighted by Crippen LogP contribution is -2.05. The monoisotopic (exact) mass is 263 g/mol. The fraction of sp³-hybridized carbons (Fsp3) is 0.154. The van der Waals surface area contributed by atoms with E-state index in [2.05, 4.69) is 9.71 Å². The van der Waals surface area contributed by atoms with Crippen molar-refractivity contribution in [1.82, 2.24) is 4.98 Å². The van der Waals surface area contributed by atoms with E-state index in [1.165, 1.54) is 0 Å². The van der Waals surface area contributed by atoms with Gasteiger partial charge in [-0.05, 0) is 36.4 Å². The number of aromatic nitrogens is 1. The highest BCUT2D eigenvalue weighted by molar-refractivity contribution is 7.86. The number of nitrogen functional groups attached to an aromatic ring is 1. The molecule has 96 valence electrons. The van der Waals surface area contributed by atoms with Gasteiger partial charge in [0, 0.05) is 11.9 Å². The third kappa shape index (κ3) is 4.18. The van der Waals surface area contributed by atoms with E-state index >= 15 is 0 Å². The molecule has 4 nitrogen and oxygen atoms in total. The van der Waals surface area contributed by atoms with Gasteiger partial charge in [-0.25, -0.2) is 9.19 Å². The summed E-state index contributed by atoms with van der Waals surface area (Å²) in [5.41, 5.74) is 6.20. The van der Waals surface area contributed by atoms with Crippen LogP contribution in [0.25, 0.3) is 0 Å². The number of hydrogen-bond acceptors (Lipinski definition) is 3. The van der Waals surface area contributed by atoms with Crippen LogP contribution in [0.15, 0.2) is 53.6 Å². The average Bonchev–Trinajstić information content (AvgIpc) is 2.43. The summed E-state index contributed by atoms with van der Waals surface area (Å²) in [5.74, 6) is 0.581. The van der Waals surface area contributed by atoms with Gasteiger partial charge < -0.3 is 5.73 Å². The molecule has 0 aliphatic carbocycles. The molecule has 18 heavy (non-hydrogen) atoms. The lowest BCUT2D eigenvalue weighted by atomic mass is 10.3. The summed E-state index contributed by atoms with van der Waals surface area (Å²) in [6.45, 7) is 4.00. The Labute approximate surface area is 110 Å². The Kier molecular flexibility index (Phi) is 5.87. The van der Waals surface area contributed by atoms with E-state index in [0.717, 1.165) is 0 Å². The zero-order chi connectivity index (χ0) is 13.4. The molecule has 1 aromatic heterocycles. The molecule has 0 bridgehead atoms. The van der Waals surface area contributed by atoms with Crippen LogP contribution in [0.4, 0.5) is 11.5 Å². The lowest BCUT2D eigenvalue weighted by Gasteiger charge is -2.04. The average molecular weight is 263 g/mol. The predicted octanol–water partition coefficient (Wildman–Crippen LogP) is 2.82. The van der Waals surface area contributed by atoms with Crippen LogP contribution in [0.2, 0.25) is 0 Å². The quantitative estimate of drug-likeness (QED) is 0.837. The minimum atomic E-state index is -1.31. The number of anilines is 2. The van der Waals surface area contributed by atoms with Crippen LogP contribution >= 0.6 is 0 Å². The Hall–Kier alpha value is -1.88. The molecule has 0 fully saturated rings. The SMILES string of the molecule is CC.Nc1ccc(S(=O)Nc2ccccn2)cc1. The maximum Gasteiger partial charge on any atom is 0.151 e. The smallest absolute Gasteiger partial charge is 0.151 e. The van der Waals surface area contributed by atoms with Crippen molar-refractivity contribution in [3.8, 4) is 0 Å².